The van der Waals surface area contributed by atoms with Gasteiger partial charge in [0.15, 0.2) is 0 Å². The molecule has 1 aliphatic rings. The number of nitrogens with two attached hydrogens (primary N) is 1. The third-order valence-corrected chi connectivity index (χ3v) is 2.92. The van der Waals surface area contributed by atoms with Crippen LogP contribution in [0.25, 0.3) is 0 Å². The van der Waals surface area contributed by atoms with Gasteiger partial charge in [-0.3, -0.25) is 0 Å². The van der Waals surface area contributed by atoms with E-state index in [4.69, 9.17) is 10.5 Å². The van der Waals surface area contributed by atoms with Gasteiger partial charge in [0.1, 0.15) is 0 Å². The third-order valence-electron chi connectivity index (χ3n) is 2.92. The molecule has 13 heavy (non-hydrogen) atoms. The molecule has 2 N–H and O–H groups in total. The summed E-state index contributed by atoms with van der Waals surface area (Å²) in [4.78, 5) is 0. The molecule has 0 aromatic rings. The molecule has 0 spiro atoms. The van der Waals surface area contributed by atoms with E-state index >= 15 is 0 Å². The smallest absolute Gasteiger partial charge is 0.0750 e. The van der Waals surface area contributed by atoms with Crippen molar-refractivity contribution in [1.29, 1.82) is 0 Å². The van der Waals surface area contributed by atoms with Crippen molar-refractivity contribution in [2.45, 2.75) is 57.6 Å². The van der Waals surface area contributed by atoms with Gasteiger partial charge >= 0.3 is 0 Å². The predicted molar refractivity (Wildman–Crippen MR) is 55.6 cm³/mol. The van der Waals surface area contributed by atoms with Crippen LogP contribution in [0.3, 0.4) is 0 Å². The van der Waals surface area contributed by atoms with E-state index < -0.39 is 0 Å². The van der Waals surface area contributed by atoms with Gasteiger partial charge in [0.25, 0.3) is 0 Å². The second-order valence-electron chi connectivity index (χ2n) is 4.20. The van der Waals surface area contributed by atoms with Crippen molar-refractivity contribution in [2.24, 2.45) is 11.7 Å². The Bertz CT molecular complexity index is 134. The first-order valence-electron chi connectivity index (χ1n) is 5.58. The highest BCUT2D eigenvalue weighted by molar-refractivity contribution is 4.88. The van der Waals surface area contributed by atoms with Crippen molar-refractivity contribution < 1.29 is 4.74 Å². The maximum atomic E-state index is 6.09. The van der Waals surface area contributed by atoms with Gasteiger partial charge in [-0.1, -0.05) is 26.2 Å². The molecule has 1 rings (SSSR count). The molecule has 1 saturated carbocycles. The minimum Gasteiger partial charge on any atom is -0.380 e. The molecule has 0 aliphatic heterocycles. The zero-order valence-electron chi connectivity index (χ0n) is 8.96. The fraction of sp³-hybridized carbons (Fsp3) is 1.00. The summed E-state index contributed by atoms with van der Waals surface area (Å²) in [6, 6.07) is 0.268. The van der Waals surface area contributed by atoms with Gasteiger partial charge in [0.2, 0.25) is 0 Å². The maximum Gasteiger partial charge on any atom is 0.0750 e. The normalized spacial score (nSPS) is 21.5. The largest absolute Gasteiger partial charge is 0.380 e. The molecule has 0 heterocycles. The van der Waals surface area contributed by atoms with E-state index in [1.165, 1.54) is 32.1 Å². The number of unbranched alkanes of at least 4 members (excludes halogenated alkanes) is 2. The molecule has 1 fully saturated rings. The van der Waals surface area contributed by atoms with Gasteiger partial charge in [0.05, 0.1) is 6.10 Å². The first-order valence-corrected chi connectivity index (χ1v) is 5.58. The second-order valence-corrected chi connectivity index (χ2v) is 4.20. The Hall–Kier alpha value is -0.0800. The summed E-state index contributed by atoms with van der Waals surface area (Å²) >= 11 is 0. The van der Waals surface area contributed by atoms with Crippen LogP contribution in [0.15, 0.2) is 0 Å². The van der Waals surface area contributed by atoms with E-state index in [9.17, 15) is 0 Å². The van der Waals surface area contributed by atoms with Gasteiger partial charge in [0, 0.05) is 13.2 Å². The molecular weight excluding hydrogens is 162 g/mol. The molecular formula is C11H23NO. The minimum atomic E-state index is 0.268. The molecule has 0 radical (unpaired) electrons. The SMILES string of the molecule is CCCCCC(N)C(OC)C1CC1. The summed E-state index contributed by atoms with van der Waals surface area (Å²) < 4.78 is 5.44. The highest BCUT2D eigenvalue weighted by Crippen LogP contribution is 2.35. The van der Waals surface area contributed by atoms with E-state index in [0.717, 1.165) is 12.3 Å². The fourth-order valence-corrected chi connectivity index (χ4v) is 1.94. The molecule has 0 saturated heterocycles. The van der Waals surface area contributed by atoms with Crippen molar-refractivity contribution in [1.82, 2.24) is 0 Å². The average Bonchev–Trinajstić information content (AvgIpc) is 2.90. The quantitative estimate of drug-likeness (QED) is 0.618. The van der Waals surface area contributed by atoms with E-state index in [1.54, 1.807) is 7.11 Å². The Morgan fingerprint density at radius 2 is 2.08 bits per heavy atom. The Kier molecular flexibility index (Phi) is 4.74. The Balaban J connectivity index is 2.15. The zero-order valence-corrected chi connectivity index (χ0v) is 8.96. The minimum absolute atomic E-state index is 0.268. The van der Waals surface area contributed by atoms with Gasteiger partial charge < -0.3 is 10.5 Å². The molecule has 78 valence electrons. The summed E-state index contributed by atoms with van der Waals surface area (Å²) in [5, 5.41) is 0. The molecule has 0 bridgehead atoms. The molecule has 2 heteroatoms. The van der Waals surface area contributed by atoms with E-state index in [2.05, 4.69) is 6.92 Å². The first kappa shape index (κ1) is 11.0. The van der Waals surface area contributed by atoms with E-state index in [0.29, 0.717) is 6.10 Å². The van der Waals surface area contributed by atoms with E-state index in [1.807, 2.05) is 0 Å². The van der Waals surface area contributed by atoms with Crippen LogP contribution in [-0.2, 0) is 4.74 Å². The zero-order chi connectivity index (χ0) is 9.68. The van der Waals surface area contributed by atoms with Crippen LogP contribution in [-0.4, -0.2) is 19.3 Å². The number of rotatable bonds is 7. The highest BCUT2D eigenvalue weighted by atomic mass is 16.5. The van der Waals surface area contributed by atoms with Gasteiger partial charge in [-0.25, -0.2) is 0 Å². The van der Waals surface area contributed by atoms with Gasteiger partial charge in [-0.05, 0) is 25.2 Å². The van der Waals surface area contributed by atoms with Crippen LogP contribution in [0.1, 0.15) is 45.4 Å². The Morgan fingerprint density at radius 1 is 1.38 bits per heavy atom. The molecule has 2 nitrogen and oxygen atoms in total. The highest BCUT2D eigenvalue weighted by Gasteiger charge is 2.34. The summed E-state index contributed by atoms with van der Waals surface area (Å²) in [5.74, 6) is 0.765. The summed E-state index contributed by atoms with van der Waals surface area (Å²) in [5.41, 5.74) is 6.09. The fourth-order valence-electron chi connectivity index (χ4n) is 1.94. The Labute approximate surface area is 81.8 Å². The van der Waals surface area contributed by atoms with Crippen LogP contribution in [0, 0.1) is 5.92 Å². The van der Waals surface area contributed by atoms with Crippen LogP contribution in [0.2, 0.25) is 0 Å². The summed E-state index contributed by atoms with van der Waals surface area (Å²) in [7, 11) is 1.79. The summed E-state index contributed by atoms with van der Waals surface area (Å²) in [6.07, 6.45) is 7.92. The molecule has 2 atom stereocenters. The van der Waals surface area contributed by atoms with Gasteiger partial charge in [-0.2, -0.15) is 0 Å². The monoisotopic (exact) mass is 185 g/mol. The maximum absolute atomic E-state index is 6.09. The third kappa shape index (κ3) is 3.65. The molecule has 0 aromatic heterocycles. The van der Waals surface area contributed by atoms with Gasteiger partial charge in [-0.15, -0.1) is 0 Å². The standard InChI is InChI=1S/C11H23NO/c1-3-4-5-6-10(12)11(13-2)9-7-8-9/h9-11H,3-8,12H2,1-2H3. The van der Waals surface area contributed by atoms with Crippen LogP contribution >= 0.6 is 0 Å². The first-order chi connectivity index (χ1) is 6.29. The Morgan fingerprint density at radius 3 is 2.54 bits per heavy atom. The number of hydrogen-bond donors (Lipinski definition) is 1. The van der Waals surface area contributed by atoms with Crippen molar-refractivity contribution >= 4 is 0 Å². The van der Waals surface area contributed by atoms with E-state index in [-0.39, 0.29) is 6.04 Å². The lowest BCUT2D eigenvalue weighted by Gasteiger charge is -2.22. The molecule has 0 amide bonds. The van der Waals surface area contributed by atoms with Crippen molar-refractivity contribution in [2.75, 3.05) is 7.11 Å². The van der Waals surface area contributed by atoms with Crippen LogP contribution in [0.5, 0.6) is 0 Å². The number of ether oxygens (including phenoxy) is 1. The lowest BCUT2D eigenvalue weighted by molar-refractivity contribution is 0.0595. The van der Waals surface area contributed by atoms with Crippen LogP contribution < -0.4 is 5.73 Å². The van der Waals surface area contributed by atoms with Crippen molar-refractivity contribution in [3.8, 4) is 0 Å². The van der Waals surface area contributed by atoms with Crippen LogP contribution in [0.4, 0.5) is 0 Å². The second kappa shape index (κ2) is 5.61. The lowest BCUT2D eigenvalue weighted by atomic mass is 10.0. The van der Waals surface area contributed by atoms with Crippen molar-refractivity contribution in [3.05, 3.63) is 0 Å². The predicted octanol–water partition coefficient (Wildman–Crippen LogP) is 2.32. The molecule has 0 aromatic carbocycles. The lowest BCUT2D eigenvalue weighted by Crippen LogP contribution is -2.37. The number of hydrogen-bond acceptors (Lipinski definition) is 2. The summed E-state index contributed by atoms with van der Waals surface area (Å²) in [6.45, 7) is 2.22. The molecule has 2 unspecified atom stereocenters. The average molecular weight is 185 g/mol. The topological polar surface area (TPSA) is 35.2 Å². The van der Waals surface area contributed by atoms with Crippen molar-refractivity contribution in [3.63, 3.8) is 0 Å². The molecule has 1 aliphatic carbocycles. The number of methoxy groups -OCH3 is 1.